The van der Waals surface area contributed by atoms with Crippen LogP contribution < -0.4 is 5.32 Å². The van der Waals surface area contributed by atoms with Gasteiger partial charge in [-0.05, 0) is 65.7 Å². The van der Waals surface area contributed by atoms with Gasteiger partial charge in [0, 0.05) is 10.6 Å². The molecule has 150 valence electrons. The van der Waals surface area contributed by atoms with Crippen molar-refractivity contribution in [2.45, 2.75) is 24.5 Å². The van der Waals surface area contributed by atoms with E-state index in [2.05, 4.69) is 20.8 Å². The molecule has 1 heterocycles. The van der Waals surface area contributed by atoms with Crippen LogP contribution in [0.4, 0.5) is 5.69 Å². The number of anilines is 1. The summed E-state index contributed by atoms with van der Waals surface area (Å²) in [5, 5.41) is 15.1. The Morgan fingerprint density at radius 2 is 1.73 bits per heavy atom. The number of para-hydroxylation sites is 1. The maximum absolute atomic E-state index is 13.0. The molecule has 1 aromatic heterocycles. The summed E-state index contributed by atoms with van der Waals surface area (Å²) in [5.41, 5.74) is 4.57. The molecule has 4 aromatic rings. The van der Waals surface area contributed by atoms with E-state index in [0.29, 0.717) is 11.3 Å². The standard InChI is InChI=1S/C23H21N5OS/c1-16-9-8-13-20(17(16)2)24-23(29)19-12-6-7-14-21(19)30-15-22-25-26-27-28(22)18-10-4-3-5-11-18/h3-14H,15H2,1-2H3,(H,24,29). The van der Waals surface area contributed by atoms with Gasteiger partial charge in [-0.1, -0.05) is 42.5 Å². The summed E-state index contributed by atoms with van der Waals surface area (Å²) >= 11 is 1.54. The molecule has 0 radical (unpaired) electrons. The van der Waals surface area contributed by atoms with Crippen LogP contribution in [-0.4, -0.2) is 26.1 Å². The highest BCUT2D eigenvalue weighted by Crippen LogP contribution is 2.27. The molecule has 0 atom stereocenters. The molecule has 7 heteroatoms. The second kappa shape index (κ2) is 8.92. The Kier molecular flexibility index (Phi) is 5.90. The third-order valence-electron chi connectivity index (χ3n) is 4.88. The molecule has 0 unspecified atom stereocenters. The summed E-state index contributed by atoms with van der Waals surface area (Å²) in [7, 11) is 0. The summed E-state index contributed by atoms with van der Waals surface area (Å²) in [5.74, 6) is 1.13. The minimum absolute atomic E-state index is 0.130. The molecule has 0 aliphatic heterocycles. The third kappa shape index (κ3) is 4.26. The topological polar surface area (TPSA) is 72.7 Å². The zero-order chi connectivity index (χ0) is 20.9. The van der Waals surface area contributed by atoms with Gasteiger partial charge in [0.05, 0.1) is 17.0 Å². The fraction of sp³-hybridized carbons (Fsp3) is 0.130. The third-order valence-corrected chi connectivity index (χ3v) is 5.95. The monoisotopic (exact) mass is 415 g/mol. The van der Waals surface area contributed by atoms with Crippen LogP contribution in [0.5, 0.6) is 0 Å². The van der Waals surface area contributed by atoms with Crippen LogP contribution in [-0.2, 0) is 5.75 Å². The predicted molar refractivity (Wildman–Crippen MR) is 119 cm³/mol. The van der Waals surface area contributed by atoms with Crippen molar-refractivity contribution in [3.63, 3.8) is 0 Å². The van der Waals surface area contributed by atoms with E-state index in [-0.39, 0.29) is 5.91 Å². The summed E-state index contributed by atoms with van der Waals surface area (Å²) in [6.45, 7) is 4.04. The van der Waals surface area contributed by atoms with E-state index in [0.717, 1.165) is 33.2 Å². The van der Waals surface area contributed by atoms with Gasteiger partial charge in [-0.2, -0.15) is 4.68 Å². The molecule has 1 N–H and O–H groups in total. The maximum Gasteiger partial charge on any atom is 0.256 e. The minimum atomic E-state index is -0.130. The van der Waals surface area contributed by atoms with Gasteiger partial charge >= 0.3 is 0 Å². The van der Waals surface area contributed by atoms with Crippen LogP contribution in [0.15, 0.2) is 77.7 Å². The maximum atomic E-state index is 13.0. The highest BCUT2D eigenvalue weighted by atomic mass is 32.2. The molecule has 3 aromatic carbocycles. The number of rotatable bonds is 6. The molecule has 0 aliphatic rings. The molecule has 0 spiro atoms. The van der Waals surface area contributed by atoms with Crippen LogP contribution in [0, 0.1) is 13.8 Å². The lowest BCUT2D eigenvalue weighted by atomic mass is 10.1. The number of aromatic nitrogens is 4. The Bertz CT molecular complexity index is 1170. The Hall–Kier alpha value is -3.45. The fourth-order valence-electron chi connectivity index (χ4n) is 3.06. The second-order valence-electron chi connectivity index (χ2n) is 6.83. The minimum Gasteiger partial charge on any atom is -0.322 e. The van der Waals surface area contributed by atoms with Crippen LogP contribution in [0.1, 0.15) is 27.3 Å². The van der Waals surface area contributed by atoms with Crippen molar-refractivity contribution in [1.82, 2.24) is 20.2 Å². The summed E-state index contributed by atoms with van der Waals surface area (Å²) in [4.78, 5) is 13.9. The van der Waals surface area contributed by atoms with Gasteiger partial charge in [-0.25, -0.2) is 0 Å². The molecule has 1 amide bonds. The number of nitrogens with one attached hydrogen (secondary N) is 1. The zero-order valence-corrected chi connectivity index (χ0v) is 17.6. The molecule has 0 fully saturated rings. The molecule has 6 nitrogen and oxygen atoms in total. The van der Waals surface area contributed by atoms with Crippen molar-refractivity contribution in [1.29, 1.82) is 0 Å². The van der Waals surface area contributed by atoms with Gasteiger partial charge < -0.3 is 5.32 Å². The molecular weight excluding hydrogens is 394 g/mol. The van der Waals surface area contributed by atoms with E-state index in [9.17, 15) is 4.79 Å². The highest BCUT2D eigenvalue weighted by Gasteiger charge is 2.15. The average Bonchev–Trinajstić information content (AvgIpc) is 3.25. The first-order chi connectivity index (χ1) is 14.6. The van der Waals surface area contributed by atoms with Gasteiger partial charge in [0.25, 0.3) is 5.91 Å². The molecule has 0 bridgehead atoms. The normalized spacial score (nSPS) is 10.7. The van der Waals surface area contributed by atoms with Gasteiger partial charge in [0.15, 0.2) is 5.82 Å². The first kappa shape index (κ1) is 19.8. The number of carbonyl (C=O) groups is 1. The van der Waals surface area contributed by atoms with Gasteiger partial charge in [-0.3, -0.25) is 4.79 Å². The SMILES string of the molecule is Cc1cccc(NC(=O)c2ccccc2SCc2nnnn2-c2ccccc2)c1C. The number of hydrogen-bond donors (Lipinski definition) is 1. The number of nitrogens with zero attached hydrogens (tertiary/aromatic N) is 4. The van der Waals surface area contributed by atoms with Crippen molar-refractivity contribution in [3.05, 3.63) is 95.3 Å². The van der Waals surface area contributed by atoms with E-state index in [1.165, 1.54) is 11.8 Å². The molecule has 0 aliphatic carbocycles. The van der Waals surface area contributed by atoms with Crippen molar-refractivity contribution in [2.24, 2.45) is 0 Å². The smallest absolute Gasteiger partial charge is 0.256 e. The van der Waals surface area contributed by atoms with Crippen molar-refractivity contribution in [2.75, 3.05) is 5.32 Å². The number of hydrogen-bond acceptors (Lipinski definition) is 5. The van der Waals surface area contributed by atoms with E-state index in [1.54, 1.807) is 4.68 Å². The Labute approximate surface area is 179 Å². The van der Waals surface area contributed by atoms with E-state index in [1.807, 2.05) is 86.6 Å². The first-order valence-electron chi connectivity index (χ1n) is 9.55. The first-order valence-corrected chi connectivity index (χ1v) is 10.5. The van der Waals surface area contributed by atoms with Gasteiger partial charge in [0.1, 0.15) is 0 Å². The van der Waals surface area contributed by atoms with Crippen molar-refractivity contribution >= 4 is 23.4 Å². The number of aryl methyl sites for hydroxylation is 1. The number of amides is 1. The summed E-state index contributed by atoms with van der Waals surface area (Å²) in [6.07, 6.45) is 0. The lowest BCUT2D eigenvalue weighted by molar-refractivity contribution is 0.102. The highest BCUT2D eigenvalue weighted by molar-refractivity contribution is 7.98. The zero-order valence-electron chi connectivity index (χ0n) is 16.7. The second-order valence-corrected chi connectivity index (χ2v) is 7.85. The fourth-order valence-corrected chi connectivity index (χ4v) is 4.02. The number of carbonyl (C=O) groups excluding carboxylic acids is 1. The average molecular weight is 416 g/mol. The van der Waals surface area contributed by atoms with E-state index >= 15 is 0 Å². The predicted octanol–water partition coefficient (Wildman–Crippen LogP) is 4.82. The Morgan fingerprint density at radius 3 is 2.57 bits per heavy atom. The Morgan fingerprint density at radius 1 is 0.967 bits per heavy atom. The van der Waals surface area contributed by atoms with Crippen LogP contribution in [0.2, 0.25) is 0 Å². The van der Waals surface area contributed by atoms with Crippen LogP contribution >= 0.6 is 11.8 Å². The van der Waals surface area contributed by atoms with Crippen molar-refractivity contribution < 1.29 is 4.79 Å². The number of benzene rings is 3. The van der Waals surface area contributed by atoms with Crippen molar-refractivity contribution in [3.8, 4) is 5.69 Å². The lowest BCUT2D eigenvalue weighted by Gasteiger charge is -2.12. The van der Waals surface area contributed by atoms with Crippen LogP contribution in [0.25, 0.3) is 5.69 Å². The number of thioether (sulfide) groups is 1. The summed E-state index contributed by atoms with van der Waals surface area (Å²) < 4.78 is 1.71. The van der Waals surface area contributed by atoms with Gasteiger partial charge in [-0.15, -0.1) is 16.9 Å². The molecule has 0 saturated heterocycles. The lowest BCUT2D eigenvalue weighted by Crippen LogP contribution is -2.14. The van der Waals surface area contributed by atoms with E-state index < -0.39 is 0 Å². The molecule has 4 rings (SSSR count). The Balaban J connectivity index is 1.53. The van der Waals surface area contributed by atoms with Gasteiger partial charge in [0.2, 0.25) is 0 Å². The molecular formula is C23H21N5OS. The molecule has 30 heavy (non-hydrogen) atoms. The van der Waals surface area contributed by atoms with Crippen LogP contribution in [0.3, 0.4) is 0 Å². The summed E-state index contributed by atoms with van der Waals surface area (Å²) in [6, 6.07) is 23.2. The quantitative estimate of drug-likeness (QED) is 0.457. The molecule has 0 saturated carbocycles. The largest absolute Gasteiger partial charge is 0.322 e. The number of tetrazole rings is 1. The van der Waals surface area contributed by atoms with E-state index in [4.69, 9.17) is 0 Å².